The molecule has 0 bridgehead atoms. The number of rotatable bonds is 3. The van der Waals surface area contributed by atoms with Crippen molar-refractivity contribution in [1.29, 1.82) is 0 Å². The third-order valence-electron chi connectivity index (χ3n) is 4.18. The highest BCUT2D eigenvalue weighted by molar-refractivity contribution is 5.78. The van der Waals surface area contributed by atoms with Crippen LogP contribution in [0.4, 0.5) is 13.2 Å². The van der Waals surface area contributed by atoms with Gasteiger partial charge in [-0.05, 0) is 32.3 Å². The van der Waals surface area contributed by atoms with Crippen molar-refractivity contribution < 1.29 is 18.0 Å². The summed E-state index contributed by atoms with van der Waals surface area (Å²) in [6.45, 7) is 4.36. The summed E-state index contributed by atoms with van der Waals surface area (Å²) in [6, 6.07) is 7.67. The molecule has 1 fully saturated rings. The van der Waals surface area contributed by atoms with Crippen LogP contribution in [0.3, 0.4) is 0 Å². The highest BCUT2D eigenvalue weighted by Crippen LogP contribution is 2.39. The van der Waals surface area contributed by atoms with Gasteiger partial charge in [0.1, 0.15) is 0 Å². The molecule has 1 aliphatic rings. The van der Waals surface area contributed by atoms with Crippen LogP contribution in [-0.4, -0.2) is 29.1 Å². The summed E-state index contributed by atoms with van der Waals surface area (Å²) in [6.07, 6.45) is -3.25. The number of amides is 1. The first kappa shape index (κ1) is 15.9. The maximum atomic E-state index is 13.3. The van der Waals surface area contributed by atoms with Crippen LogP contribution in [0.1, 0.15) is 44.6 Å². The summed E-state index contributed by atoms with van der Waals surface area (Å²) in [4.78, 5) is 13.9. The number of carbonyl (C=O) groups excluding carboxylic acids is 1. The number of likely N-dealkylation sites (tertiary alicyclic amines) is 1. The van der Waals surface area contributed by atoms with E-state index in [1.165, 1.54) is 12.1 Å². The van der Waals surface area contributed by atoms with Gasteiger partial charge in [0, 0.05) is 18.5 Å². The molecule has 2 rings (SSSR count). The molecule has 0 aromatic heterocycles. The Kier molecular flexibility index (Phi) is 4.30. The van der Waals surface area contributed by atoms with E-state index in [2.05, 4.69) is 0 Å². The molecule has 21 heavy (non-hydrogen) atoms. The highest BCUT2D eigenvalue weighted by Gasteiger charge is 2.44. The standard InChI is InChI=1S/C16H20F3NO/c1-15(2)9-6-10-20(15)14(21)11-13(16(17,18)19)12-7-4-3-5-8-12/h3-5,7-8,13H,6,9-11H2,1-2H3/t13-/m0/s1. The van der Waals surface area contributed by atoms with Crippen molar-refractivity contribution in [2.45, 2.75) is 50.7 Å². The summed E-state index contributed by atoms with van der Waals surface area (Å²) < 4.78 is 39.8. The normalized spacial score (nSPS) is 19.6. The lowest BCUT2D eigenvalue weighted by Gasteiger charge is -2.33. The van der Waals surface area contributed by atoms with Crippen LogP contribution in [0.15, 0.2) is 30.3 Å². The van der Waals surface area contributed by atoms with E-state index in [1.807, 2.05) is 13.8 Å². The minimum atomic E-state index is -4.42. The first-order chi connectivity index (χ1) is 9.72. The van der Waals surface area contributed by atoms with Crippen LogP contribution < -0.4 is 0 Å². The molecular weight excluding hydrogens is 279 g/mol. The maximum absolute atomic E-state index is 13.3. The van der Waals surface area contributed by atoms with E-state index in [0.29, 0.717) is 6.54 Å². The molecule has 1 aromatic carbocycles. The Hall–Kier alpha value is -1.52. The molecule has 0 unspecified atom stereocenters. The summed E-state index contributed by atoms with van der Waals surface area (Å²) >= 11 is 0. The lowest BCUT2D eigenvalue weighted by molar-refractivity contribution is -0.161. The molecule has 0 aliphatic carbocycles. The zero-order chi connectivity index (χ0) is 15.7. The van der Waals surface area contributed by atoms with E-state index < -0.39 is 24.4 Å². The van der Waals surface area contributed by atoms with Gasteiger partial charge < -0.3 is 4.90 Å². The number of alkyl halides is 3. The fourth-order valence-electron chi connectivity index (χ4n) is 2.96. The predicted octanol–water partition coefficient (Wildman–Crippen LogP) is 4.12. The Morgan fingerprint density at radius 2 is 1.90 bits per heavy atom. The van der Waals surface area contributed by atoms with Gasteiger partial charge in [-0.3, -0.25) is 4.79 Å². The largest absolute Gasteiger partial charge is 0.396 e. The lowest BCUT2D eigenvalue weighted by Crippen LogP contribution is -2.44. The number of hydrogen-bond donors (Lipinski definition) is 0. The van der Waals surface area contributed by atoms with Crippen molar-refractivity contribution in [3.63, 3.8) is 0 Å². The molecule has 1 amide bonds. The van der Waals surface area contributed by atoms with Gasteiger partial charge in [0.25, 0.3) is 0 Å². The molecule has 0 radical (unpaired) electrons. The van der Waals surface area contributed by atoms with E-state index >= 15 is 0 Å². The molecule has 1 aliphatic heterocycles. The minimum Gasteiger partial charge on any atom is -0.338 e. The Balaban J connectivity index is 2.19. The summed E-state index contributed by atoms with van der Waals surface area (Å²) in [7, 11) is 0. The number of carbonyl (C=O) groups is 1. The van der Waals surface area contributed by atoms with Crippen LogP contribution in [0, 0.1) is 0 Å². The number of nitrogens with zero attached hydrogens (tertiary/aromatic N) is 1. The Labute approximate surface area is 122 Å². The van der Waals surface area contributed by atoms with Gasteiger partial charge in [0.15, 0.2) is 0 Å². The third-order valence-corrected chi connectivity index (χ3v) is 4.18. The zero-order valence-electron chi connectivity index (χ0n) is 12.3. The van der Waals surface area contributed by atoms with Crippen molar-refractivity contribution in [3.8, 4) is 0 Å². The van der Waals surface area contributed by atoms with Crippen LogP contribution >= 0.6 is 0 Å². The van der Waals surface area contributed by atoms with Crippen molar-refractivity contribution in [2.24, 2.45) is 0 Å². The van der Waals surface area contributed by atoms with Crippen LogP contribution in [0.5, 0.6) is 0 Å². The van der Waals surface area contributed by atoms with Crippen LogP contribution in [-0.2, 0) is 4.79 Å². The molecule has 0 N–H and O–H groups in total. The summed E-state index contributed by atoms with van der Waals surface area (Å²) in [5, 5.41) is 0. The van der Waals surface area contributed by atoms with E-state index in [4.69, 9.17) is 0 Å². The average Bonchev–Trinajstić information content (AvgIpc) is 2.75. The number of benzene rings is 1. The van der Waals surface area contributed by atoms with Crippen LogP contribution in [0.25, 0.3) is 0 Å². The van der Waals surface area contributed by atoms with Crippen molar-refractivity contribution in [3.05, 3.63) is 35.9 Å². The quantitative estimate of drug-likeness (QED) is 0.822. The second kappa shape index (κ2) is 5.70. The molecular formula is C16H20F3NO. The minimum absolute atomic E-state index is 0.148. The van der Waals surface area contributed by atoms with Gasteiger partial charge in [-0.15, -0.1) is 0 Å². The van der Waals surface area contributed by atoms with Gasteiger partial charge in [0.2, 0.25) is 5.91 Å². The van der Waals surface area contributed by atoms with Gasteiger partial charge >= 0.3 is 6.18 Å². The fourth-order valence-corrected chi connectivity index (χ4v) is 2.96. The fraction of sp³-hybridized carbons (Fsp3) is 0.562. The Bertz CT molecular complexity index is 496. The number of halogens is 3. The van der Waals surface area contributed by atoms with Gasteiger partial charge in [-0.25, -0.2) is 0 Å². The molecule has 0 spiro atoms. The second-order valence-electron chi connectivity index (χ2n) is 6.17. The Morgan fingerprint density at radius 3 is 2.38 bits per heavy atom. The molecule has 5 heteroatoms. The highest BCUT2D eigenvalue weighted by atomic mass is 19.4. The SMILES string of the molecule is CC1(C)CCCN1C(=O)C[C@@H](c1ccccc1)C(F)(F)F. The summed E-state index contributed by atoms with van der Waals surface area (Å²) in [5.74, 6) is -2.15. The molecule has 1 heterocycles. The molecule has 1 aromatic rings. The van der Waals surface area contributed by atoms with E-state index in [-0.39, 0.29) is 11.1 Å². The monoisotopic (exact) mass is 299 g/mol. The average molecular weight is 299 g/mol. The van der Waals surface area contributed by atoms with Crippen molar-refractivity contribution >= 4 is 5.91 Å². The molecule has 2 nitrogen and oxygen atoms in total. The molecule has 0 saturated carbocycles. The first-order valence-electron chi connectivity index (χ1n) is 7.14. The van der Waals surface area contributed by atoms with Crippen LogP contribution in [0.2, 0.25) is 0 Å². The smallest absolute Gasteiger partial charge is 0.338 e. The van der Waals surface area contributed by atoms with E-state index in [1.54, 1.807) is 23.1 Å². The molecule has 1 atom stereocenters. The topological polar surface area (TPSA) is 20.3 Å². The van der Waals surface area contributed by atoms with E-state index in [9.17, 15) is 18.0 Å². The Morgan fingerprint density at radius 1 is 1.29 bits per heavy atom. The van der Waals surface area contributed by atoms with Gasteiger partial charge in [-0.1, -0.05) is 30.3 Å². The predicted molar refractivity (Wildman–Crippen MR) is 74.9 cm³/mol. The summed E-state index contributed by atoms with van der Waals surface area (Å²) in [5.41, 5.74) is -0.195. The third kappa shape index (κ3) is 3.57. The molecule has 1 saturated heterocycles. The van der Waals surface area contributed by atoms with Gasteiger partial charge in [0.05, 0.1) is 5.92 Å². The maximum Gasteiger partial charge on any atom is 0.396 e. The zero-order valence-corrected chi connectivity index (χ0v) is 12.3. The van der Waals surface area contributed by atoms with Crippen molar-refractivity contribution in [2.75, 3.05) is 6.54 Å². The lowest BCUT2D eigenvalue weighted by atomic mass is 9.93. The van der Waals surface area contributed by atoms with Gasteiger partial charge in [-0.2, -0.15) is 13.2 Å². The van der Waals surface area contributed by atoms with Crippen molar-refractivity contribution in [1.82, 2.24) is 4.90 Å². The number of hydrogen-bond acceptors (Lipinski definition) is 1. The second-order valence-corrected chi connectivity index (χ2v) is 6.17. The van der Waals surface area contributed by atoms with E-state index in [0.717, 1.165) is 12.8 Å². The first-order valence-corrected chi connectivity index (χ1v) is 7.14. The molecule has 116 valence electrons.